The molecule has 0 radical (unpaired) electrons. The molecule has 1 aliphatic heterocycles. The molecule has 2 heterocycles. The van der Waals surface area contributed by atoms with Gasteiger partial charge in [0.2, 0.25) is 5.43 Å². The van der Waals surface area contributed by atoms with E-state index in [0.717, 1.165) is 45.6 Å². The summed E-state index contributed by atoms with van der Waals surface area (Å²) < 4.78 is 22.4. The summed E-state index contributed by atoms with van der Waals surface area (Å²) in [5.74, 6) is -0.265. The molecule has 2 fully saturated rings. The van der Waals surface area contributed by atoms with E-state index >= 15 is 4.39 Å². The van der Waals surface area contributed by atoms with Gasteiger partial charge in [0.05, 0.1) is 18.3 Å². The Morgan fingerprint density at radius 1 is 1.12 bits per heavy atom. The average molecular weight is 465 g/mol. The van der Waals surface area contributed by atoms with Gasteiger partial charge in [-0.2, -0.15) is 0 Å². The Kier molecular flexibility index (Phi) is 6.00. The van der Waals surface area contributed by atoms with Crippen molar-refractivity contribution >= 4 is 28.2 Å². The number of hydrogen-bond donors (Lipinski definition) is 1. The number of piperazine rings is 1. The van der Waals surface area contributed by atoms with Gasteiger partial charge in [-0.1, -0.05) is 6.92 Å². The summed E-state index contributed by atoms with van der Waals surface area (Å²) in [5, 5.41) is 3.01. The van der Waals surface area contributed by atoms with Gasteiger partial charge in [0.25, 0.3) is 5.91 Å². The van der Waals surface area contributed by atoms with E-state index in [1.165, 1.54) is 6.07 Å². The third-order valence-corrected chi connectivity index (χ3v) is 6.79. The van der Waals surface area contributed by atoms with E-state index in [4.69, 9.17) is 4.74 Å². The molecule has 0 atom stereocenters. The summed E-state index contributed by atoms with van der Waals surface area (Å²) in [6.45, 7) is 6.36. The maximum Gasteiger partial charge on any atom is 0.261 e. The number of nitrogens with zero attached hydrogens (tertiary/aromatic N) is 3. The molecule has 1 aliphatic carbocycles. The first kappa shape index (κ1) is 22.4. The van der Waals surface area contributed by atoms with E-state index < -0.39 is 17.2 Å². The molecule has 2 aliphatic rings. The number of fused-ring (bicyclic) bond motifs is 1. The van der Waals surface area contributed by atoms with Gasteiger partial charge in [-0.25, -0.2) is 4.39 Å². The third kappa shape index (κ3) is 4.25. The Balaban J connectivity index is 1.51. The van der Waals surface area contributed by atoms with E-state index in [2.05, 4.69) is 17.1 Å². The van der Waals surface area contributed by atoms with Gasteiger partial charge in [-0.3, -0.25) is 9.59 Å². The Bertz CT molecular complexity index is 1280. The highest BCUT2D eigenvalue weighted by atomic mass is 19.1. The molecule has 3 aromatic rings. The Labute approximate surface area is 197 Å². The fraction of sp³-hybridized carbons (Fsp3) is 0.385. The second-order valence-electron chi connectivity index (χ2n) is 8.94. The van der Waals surface area contributed by atoms with Crippen molar-refractivity contribution in [1.82, 2.24) is 9.47 Å². The van der Waals surface area contributed by atoms with Crippen LogP contribution in [0, 0.1) is 5.82 Å². The summed E-state index contributed by atoms with van der Waals surface area (Å²) in [4.78, 5) is 30.7. The third-order valence-electron chi connectivity index (χ3n) is 6.79. The maximum atomic E-state index is 15.2. The van der Waals surface area contributed by atoms with Crippen LogP contribution in [0.2, 0.25) is 0 Å². The van der Waals surface area contributed by atoms with Crippen LogP contribution in [0.5, 0.6) is 5.75 Å². The fourth-order valence-corrected chi connectivity index (χ4v) is 4.60. The largest absolute Gasteiger partial charge is 0.497 e. The van der Waals surface area contributed by atoms with Gasteiger partial charge in [0, 0.05) is 49.5 Å². The number of anilines is 2. The van der Waals surface area contributed by atoms with Crippen molar-refractivity contribution < 1.29 is 13.9 Å². The van der Waals surface area contributed by atoms with E-state index in [-0.39, 0.29) is 17.0 Å². The number of likely N-dealkylation sites (N-methyl/N-ethyl adjacent to an activating group) is 1. The van der Waals surface area contributed by atoms with Gasteiger partial charge in [0.1, 0.15) is 17.1 Å². The highest BCUT2D eigenvalue weighted by Gasteiger charge is 2.28. The molecule has 178 valence electrons. The number of hydrogen-bond acceptors (Lipinski definition) is 5. The first-order valence-corrected chi connectivity index (χ1v) is 11.8. The molecule has 1 saturated heterocycles. The minimum atomic E-state index is -0.508. The van der Waals surface area contributed by atoms with Crippen LogP contribution in [-0.4, -0.2) is 55.2 Å². The summed E-state index contributed by atoms with van der Waals surface area (Å²) in [6, 6.07) is 10.2. The molecule has 34 heavy (non-hydrogen) atoms. The lowest BCUT2D eigenvalue weighted by Gasteiger charge is -2.35. The number of ether oxygens (including phenoxy) is 1. The normalized spacial score (nSPS) is 16.6. The number of carbonyl (C=O) groups excluding carboxylic acids is 1. The SMILES string of the molecule is CCN1CCN(c2cc3c(cc2F)c(=O)c(C(=O)Nc2ccc(OC)cc2)cn3C2CC2)CC1. The Morgan fingerprint density at radius 2 is 1.82 bits per heavy atom. The molecule has 5 rings (SSSR count). The molecule has 0 spiro atoms. The molecular weight excluding hydrogens is 435 g/mol. The van der Waals surface area contributed by atoms with Crippen molar-refractivity contribution in [3.8, 4) is 5.75 Å². The van der Waals surface area contributed by atoms with Gasteiger partial charge in [-0.15, -0.1) is 0 Å². The van der Waals surface area contributed by atoms with Crippen LogP contribution in [0.1, 0.15) is 36.2 Å². The second-order valence-corrected chi connectivity index (χ2v) is 8.94. The van der Waals surface area contributed by atoms with Crippen molar-refractivity contribution in [1.29, 1.82) is 0 Å². The predicted molar refractivity (Wildman–Crippen MR) is 132 cm³/mol. The number of halogens is 1. The number of pyridine rings is 1. The number of amides is 1. The monoisotopic (exact) mass is 464 g/mol. The molecule has 1 amide bonds. The van der Waals surface area contributed by atoms with Crippen LogP contribution in [0.25, 0.3) is 10.9 Å². The van der Waals surface area contributed by atoms with Crippen LogP contribution in [-0.2, 0) is 0 Å². The fourth-order valence-electron chi connectivity index (χ4n) is 4.60. The Hall–Kier alpha value is -3.39. The first-order valence-electron chi connectivity index (χ1n) is 11.8. The molecule has 2 aromatic carbocycles. The molecule has 8 heteroatoms. The van der Waals surface area contributed by atoms with E-state index in [9.17, 15) is 9.59 Å². The number of carbonyl (C=O) groups is 1. The number of nitrogens with one attached hydrogen (secondary N) is 1. The van der Waals surface area contributed by atoms with Crippen LogP contribution in [0.3, 0.4) is 0 Å². The topological polar surface area (TPSA) is 66.8 Å². The van der Waals surface area contributed by atoms with E-state index in [1.54, 1.807) is 43.6 Å². The van der Waals surface area contributed by atoms with Crippen molar-refractivity contribution in [3.63, 3.8) is 0 Å². The molecule has 1 aromatic heterocycles. The number of benzene rings is 2. The Morgan fingerprint density at radius 3 is 2.44 bits per heavy atom. The minimum absolute atomic E-state index is 0.0129. The molecule has 0 unspecified atom stereocenters. The number of methoxy groups -OCH3 is 1. The van der Waals surface area contributed by atoms with Gasteiger partial charge in [-0.05, 0) is 55.8 Å². The minimum Gasteiger partial charge on any atom is -0.497 e. The average Bonchev–Trinajstić information content (AvgIpc) is 3.70. The highest BCUT2D eigenvalue weighted by Crippen LogP contribution is 2.38. The molecular formula is C26H29FN4O3. The van der Waals surface area contributed by atoms with Crippen molar-refractivity contribution in [2.75, 3.05) is 50.1 Å². The van der Waals surface area contributed by atoms with Crippen LogP contribution in [0.4, 0.5) is 15.8 Å². The zero-order chi connectivity index (χ0) is 23.8. The number of rotatable bonds is 6. The summed E-state index contributed by atoms with van der Waals surface area (Å²) in [6.07, 6.45) is 3.58. The van der Waals surface area contributed by atoms with E-state index in [0.29, 0.717) is 22.6 Å². The zero-order valence-electron chi connectivity index (χ0n) is 19.5. The second kappa shape index (κ2) is 9.10. The van der Waals surface area contributed by atoms with Crippen LogP contribution in [0.15, 0.2) is 47.4 Å². The zero-order valence-corrected chi connectivity index (χ0v) is 19.5. The molecule has 0 bridgehead atoms. The van der Waals surface area contributed by atoms with Crippen molar-refractivity contribution in [2.24, 2.45) is 0 Å². The summed E-state index contributed by atoms with van der Waals surface area (Å²) in [5.41, 5.74) is 1.31. The smallest absolute Gasteiger partial charge is 0.261 e. The van der Waals surface area contributed by atoms with Gasteiger partial charge < -0.3 is 24.4 Å². The van der Waals surface area contributed by atoms with E-state index in [1.807, 2.05) is 9.47 Å². The lowest BCUT2D eigenvalue weighted by Crippen LogP contribution is -2.46. The van der Waals surface area contributed by atoms with Gasteiger partial charge in [0.15, 0.2) is 0 Å². The number of aromatic nitrogens is 1. The van der Waals surface area contributed by atoms with Gasteiger partial charge >= 0.3 is 0 Å². The lowest BCUT2D eigenvalue weighted by atomic mass is 10.1. The molecule has 1 N–H and O–H groups in total. The predicted octanol–water partition coefficient (Wildman–Crippen LogP) is 3.88. The van der Waals surface area contributed by atoms with Crippen LogP contribution < -0.4 is 20.4 Å². The highest BCUT2D eigenvalue weighted by molar-refractivity contribution is 6.06. The molecule has 1 saturated carbocycles. The molecule has 7 nitrogen and oxygen atoms in total. The summed E-state index contributed by atoms with van der Waals surface area (Å²) >= 11 is 0. The summed E-state index contributed by atoms with van der Waals surface area (Å²) in [7, 11) is 1.57. The lowest BCUT2D eigenvalue weighted by molar-refractivity contribution is 0.102. The van der Waals surface area contributed by atoms with Crippen molar-refractivity contribution in [3.05, 3.63) is 64.2 Å². The quantitative estimate of drug-likeness (QED) is 0.600. The standard InChI is InChI=1S/C26H29FN4O3/c1-3-29-10-12-30(13-11-29)24-15-23-20(14-22(24)27)25(32)21(16-31(23)18-6-7-18)26(33)28-17-4-8-19(34-2)9-5-17/h4-5,8-9,14-16,18H,3,6-7,10-13H2,1-2H3,(H,28,33). The first-order chi connectivity index (χ1) is 16.5. The van der Waals surface area contributed by atoms with Crippen LogP contribution >= 0.6 is 0 Å². The van der Waals surface area contributed by atoms with Crippen molar-refractivity contribution in [2.45, 2.75) is 25.8 Å². The maximum absolute atomic E-state index is 15.2.